The van der Waals surface area contributed by atoms with Gasteiger partial charge in [0.05, 0.1) is 24.5 Å². The van der Waals surface area contributed by atoms with Crippen molar-refractivity contribution in [2.24, 2.45) is 11.8 Å². The van der Waals surface area contributed by atoms with Crippen LogP contribution in [0.15, 0.2) is 110 Å². The van der Waals surface area contributed by atoms with Crippen molar-refractivity contribution in [3.8, 4) is 5.75 Å². The van der Waals surface area contributed by atoms with Gasteiger partial charge in [-0.25, -0.2) is 0 Å². The van der Waals surface area contributed by atoms with Gasteiger partial charge in [-0.05, 0) is 74.3 Å². The number of unbranched alkanes of at least 4 members (excludes halogenated alkanes) is 1. The number of aliphatic hydroxyl groups is 1. The highest BCUT2D eigenvalue weighted by molar-refractivity contribution is 5.86. The standard InChI is InChI=1S/C40H50N2O6/c1-4-6-9-19-35(24-31-15-10-7-11-16-31)40(46)48-29-36(42-39(45)34(14-5-2)26-38(44)41-30(3)27-43)25-32-20-22-37(23-21-32)47-28-33-17-12-8-13-18-33/h4-5,7-8,10-13,15-18,20-23,30,34-36,43H,1-2,6,9,14,19,24-29H2,3H3,(H,41,44)(H,42,45). The van der Waals surface area contributed by atoms with E-state index in [2.05, 4.69) is 23.8 Å². The van der Waals surface area contributed by atoms with Gasteiger partial charge in [0, 0.05) is 12.5 Å². The van der Waals surface area contributed by atoms with Gasteiger partial charge < -0.3 is 25.2 Å². The van der Waals surface area contributed by atoms with Crippen LogP contribution in [0.4, 0.5) is 0 Å². The van der Waals surface area contributed by atoms with E-state index >= 15 is 0 Å². The fourth-order valence-corrected chi connectivity index (χ4v) is 5.32. The van der Waals surface area contributed by atoms with E-state index in [1.54, 1.807) is 13.0 Å². The highest BCUT2D eigenvalue weighted by atomic mass is 16.5. The van der Waals surface area contributed by atoms with E-state index in [1.807, 2.05) is 91.0 Å². The Kier molecular flexibility index (Phi) is 16.7. The molecule has 3 rings (SSSR count). The number of nitrogens with one attached hydrogen (secondary N) is 2. The molecule has 0 radical (unpaired) electrons. The second-order valence-corrected chi connectivity index (χ2v) is 12.1. The van der Waals surface area contributed by atoms with Crippen molar-refractivity contribution in [1.29, 1.82) is 0 Å². The smallest absolute Gasteiger partial charge is 0.309 e. The summed E-state index contributed by atoms with van der Waals surface area (Å²) >= 11 is 0. The van der Waals surface area contributed by atoms with Crippen LogP contribution in [-0.4, -0.2) is 48.2 Å². The summed E-state index contributed by atoms with van der Waals surface area (Å²) in [5.41, 5.74) is 3.04. The predicted octanol–water partition coefficient (Wildman–Crippen LogP) is 6.13. The van der Waals surface area contributed by atoms with Crippen LogP contribution < -0.4 is 15.4 Å². The Labute approximate surface area is 285 Å². The molecule has 2 amide bonds. The number of ether oxygens (including phenoxy) is 2. The molecule has 0 saturated carbocycles. The molecule has 0 aliphatic rings. The van der Waals surface area contributed by atoms with Crippen LogP contribution in [0.3, 0.4) is 0 Å². The number of aliphatic hydroxyl groups excluding tert-OH is 1. The molecule has 0 aliphatic carbocycles. The molecule has 4 unspecified atom stereocenters. The number of carbonyl (C=O) groups is 3. The van der Waals surface area contributed by atoms with Crippen molar-refractivity contribution in [3.05, 3.63) is 127 Å². The van der Waals surface area contributed by atoms with Gasteiger partial charge in [-0.2, -0.15) is 0 Å². The summed E-state index contributed by atoms with van der Waals surface area (Å²) in [7, 11) is 0. The topological polar surface area (TPSA) is 114 Å². The molecular formula is C40H50N2O6. The maximum absolute atomic E-state index is 13.5. The summed E-state index contributed by atoms with van der Waals surface area (Å²) in [4.78, 5) is 39.6. The summed E-state index contributed by atoms with van der Waals surface area (Å²) in [6, 6.07) is 26.4. The number of hydrogen-bond donors (Lipinski definition) is 3. The van der Waals surface area contributed by atoms with Crippen molar-refractivity contribution >= 4 is 17.8 Å². The third-order valence-corrected chi connectivity index (χ3v) is 7.98. The lowest BCUT2D eigenvalue weighted by Crippen LogP contribution is -2.45. The number of carbonyl (C=O) groups excluding carboxylic acids is 3. The normalized spacial score (nSPS) is 13.3. The monoisotopic (exact) mass is 654 g/mol. The van der Waals surface area contributed by atoms with Crippen LogP contribution in [0.5, 0.6) is 5.75 Å². The van der Waals surface area contributed by atoms with Gasteiger partial charge in [0.25, 0.3) is 0 Å². The fourth-order valence-electron chi connectivity index (χ4n) is 5.32. The van der Waals surface area contributed by atoms with Crippen molar-refractivity contribution in [2.75, 3.05) is 13.2 Å². The molecule has 0 saturated heterocycles. The zero-order valence-electron chi connectivity index (χ0n) is 28.0. The number of rotatable bonds is 22. The SMILES string of the molecule is C=CCCCC(Cc1ccccc1)C(=O)OCC(Cc1ccc(OCc2ccccc2)cc1)NC(=O)C(CC=C)CC(=O)NC(C)CO. The zero-order valence-corrected chi connectivity index (χ0v) is 28.0. The van der Waals surface area contributed by atoms with Crippen LogP contribution in [0.25, 0.3) is 0 Å². The number of amides is 2. The molecule has 3 N–H and O–H groups in total. The summed E-state index contributed by atoms with van der Waals surface area (Å²) < 4.78 is 11.8. The predicted molar refractivity (Wildman–Crippen MR) is 189 cm³/mol. The third-order valence-electron chi connectivity index (χ3n) is 7.98. The molecule has 8 heteroatoms. The molecule has 0 bridgehead atoms. The van der Waals surface area contributed by atoms with Gasteiger partial charge in [-0.3, -0.25) is 14.4 Å². The Bertz CT molecular complexity index is 1410. The lowest BCUT2D eigenvalue weighted by atomic mass is 9.94. The summed E-state index contributed by atoms with van der Waals surface area (Å²) in [6.07, 6.45) is 6.90. The maximum Gasteiger partial charge on any atom is 0.309 e. The highest BCUT2D eigenvalue weighted by Crippen LogP contribution is 2.20. The van der Waals surface area contributed by atoms with Crippen molar-refractivity contribution in [1.82, 2.24) is 10.6 Å². The minimum absolute atomic E-state index is 0.0296. The van der Waals surface area contributed by atoms with E-state index in [9.17, 15) is 19.5 Å². The number of benzene rings is 3. The molecule has 48 heavy (non-hydrogen) atoms. The number of esters is 1. The summed E-state index contributed by atoms with van der Waals surface area (Å²) in [6.45, 7) is 9.46. The van der Waals surface area contributed by atoms with Crippen LogP contribution in [0.1, 0.15) is 55.7 Å². The second kappa shape index (κ2) is 21.2. The maximum atomic E-state index is 13.5. The van der Waals surface area contributed by atoms with E-state index in [-0.39, 0.29) is 49.8 Å². The Morgan fingerprint density at radius 2 is 1.46 bits per heavy atom. The molecule has 0 aliphatic heterocycles. The van der Waals surface area contributed by atoms with Gasteiger partial charge in [-0.15, -0.1) is 13.2 Å². The van der Waals surface area contributed by atoms with Gasteiger partial charge in [0.15, 0.2) is 0 Å². The van der Waals surface area contributed by atoms with Crippen LogP contribution >= 0.6 is 0 Å². The van der Waals surface area contributed by atoms with Crippen molar-refractivity contribution < 1.29 is 29.0 Å². The van der Waals surface area contributed by atoms with Crippen molar-refractivity contribution in [3.63, 3.8) is 0 Å². The zero-order chi connectivity index (χ0) is 34.6. The summed E-state index contributed by atoms with van der Waals surface area (Å²) in [5, 5.41) is 15.0. The van der Waals surface area contributed by atoms with Gasteiger partial charge in [0.1, 0.15) is 19.0 Å². The number of allylic oxidation sites excluding steroid dienone is 2. The van der Waals surface area contributed by atoms with E-state index in [0.717, 1.165) is 29.5 Å². The number of hydrogen-bond acceptors (Lipinski definition) is 6. The lowest BCUT2D eigenvalue weighted by molar-refractivity contribution is -0.150. The average Bonchev–Trinajstić information content (AvgIpc) is 3.10. The average molecular weight is 655 g/mol. The quantitative estimate of drug-likeness (QED) is 0.0683. The Balaban J connectivity index is 1.73. The first-order valence-corrected chi connectivity index (χ1v) is 16.7. The first-order valence-electron chi connectivity index (χ1n) is 16.7. The van der Waals surface area contributed by atoms with Crippen LogP contribution in [0, 0.1) is 11.8 Å². The molecule has 0 heterocycles. The molecule has 0 spiro atoms. The largest absolute Gasteiger partial charge is 0.489 e. The third kappa shape index (κ3) is 14.0. The van der Waals surface area contributed by atoms with Crippen molar-refractivity contribution in [2.45, 2.75) is 70.6 Å². The lowest BCUT2D eigenvalue weighted by Gasteiger charge is -2.24. The molecule has 4 atom stereocenters. The highest BCUT2D eigenvalue weighted by Gasteiger charge is 2.26. The molecule has 3 aromatic carbocycles. The Hall–Kier alpha value is -4.69. The van der Waals surface area contributed by atoms with Gasteiger partial charge in [0.2, 0.25) is 11.8 Å². The second-order valence-electron chi connectivity index (χ2n) is 12.1. The Morgan fingerprint density at radius 3 is 2.08 bits per heavy atom. The minimum atomic E-state index is -0.676. The van der Waals surface area contributed by atoms with Gasteiger partial charge >= 0.3 is 5.97 Å². The molecular weight excluding hydrogens is 604 g/mol. The van der Waals surface area contributed by atoms with E-state index in [4.69, 9.17) is 9.47 Å². The molecule has 256 valence electrons. The van der Waals surface area contributed by atoms with E-state index < -0.39 is 18.0 Å². The molecule has 0 fully saturated rings. The first kappa shape index (κ1) is 37.8. The summed E-state index contributed by atoms with van der Waals surface area (Å²) in [5.74, 6) is -1.28. The van der Waals surface area contributed by atoms with E-state index in [1.165, 1.54) is 0 Å². The molecule has 0 aromatic heterocycles. The fraction of sp³-hybridized carbons (Fsp3) is 0.375. The van der Waals surface area contributed by atoms with Gasteiger partial charge in [-0.1, -0.05) is 84.9 Å². The minimum Gasteiger partial charge on any atom is -0.489 e. The van der Waals surface area contributed by atoms with Crippen LogP contribution in [0.2, 0.25) is 0 Å². The molecule has 3 aromatic rings. The first-order chi connectivity index (χ1) is 23.3. The molecule has 8 nitrogen and oxygen atoms in total. The Morgan fingerprint density at radius 1 is 0.812 bits per heavy atom. The van der Waals surface area contributed by atoms with E-state index in [0.29, 0.717) is 31.6 Å². The van der Waals surface area contributed by atoms with Crippen LogP contribution in [-0.2, 0) is 38.6 Å².